The average Bonchev–Trinajstić information content (AvgIpc) is 2.92. The number of hydrogen-bond donors (Lipinski definition) is 0. The number of benzene rings is 7. The van der Waals surface area contributed by atoms with Crippen LogP contribution in [0.5, 0.6) is 0 Å². The van der Waals surface area contributed by atoms with Crippen molar-refractivity contribution >= 4 is 75.7 Å². The van der Waals surface area contributed by atoms with Gasteiger partial charge in [0.05, 0.1) is 11.0 Å². The van der Waals surface area contributed by atoms with Crippen molar-refractivity contribution < 1.29 is 0 Å². The third-order valence-corrected chi connectivity index (χ3v) is 7.29. The minimum Gasteiger partial charge on any atom is -0.252 e. The van der Waals surface area contributed by atoms with Crippen molar-refractivity contribution in [2.75, 3.05) is 0 Å². The topological polar surface area (TPSA) is 25.8 Å². The van der Waals surface area contributed by atoms with Crippen molar-refractivity contribution in [2.45, 2.75) is 0 Å². The molecule has 0 fully saturated rings. The third-order valence-electron chi connectivity index (χ3n) is 7.29. The highest BCUT2D eigenvalue weighted by molar-refractivity contribution is 6.45. The predicted molar refractivity (Wildman–Crippen MR) is 145 cm³/mol. The Bertz CT molecular complexity index is 1960. The van der Waals surface area contributed by atoms with Gasteiger partial charge in [0.2, 0.25) is 0 Å². The smallest absolute Gasteiger partial charge is 0.0978 e. The second-order valence-corrected chi connectivity index (χ2v) is 8.94. The summed E-state index contributed by atoms with van der Waals surface area (Å²) in [4.78, 5) is 9.88. The van der Waals surface area contributed by atoms with Crippen LogP contribution < -0.4 is 0 Å². The second kappa shape index (κ2) is 6.49. The van der Waals surface area contributed by atoms with Crippen LogP contribution in [0.2, 0.25) is 0 Å². The normalized spacial score (nSPS) is 12.1. The first-order valence-corrected chi connectivity index (χ1v) is 11.6. The summed E-state index contributed by atoms with van der Waals surface area (Å²) in [5.41, 5.74) is 1.93. The molecular weight excluding hydrogens is 412 g/mol. The predicted octanol–water partition coefficient (Wildman–Crippen LogP) is 8.55. The van der Waals surface area contributed by atoms with Crippen molar-refractivity contribution in [2.24, 2.45) is 0 Å². The Kier molecular flexibility index (Phi) is 3.42. The zero-order chi connectivity index (χ0) is 22.2. The van der Waals surface area contributed by atoms with Gasteiger partial charge in [0.1, 0.15) is 0 Å². The lowest BCUT2D eigenvalue weighted by atomic mass is 9.86. The van der Waals surface area contributed by atoms with E-state index in [-0.39, 0.29) is 0 Å². The molecule has 8 rings (SSSR count). The molecule has 34 heavy (non-hydrogen) atoms. The maximum atomic E-state index is 4.94. The summed E-state index contributed by atoms with van der Waals surface area (Å²) < 4.78 is 0. The van der Waals surface area contributed by atoms with E-state index in [0.717, 1.165) is 11.0 Å². The first-order chi connectivity index (χ1) is 16.9. The summed E-state index contributed by atoms with van der Waals surface area (Å²) in [6.07, 6.45) is 3.64. The second-order valence-electron chi connectivity index (χ2n) is 8.94. The Morgan fingerprint density at radius 3 is 0.882 bits per heavy atom. The average molecular weight is 431 g/mol. The van der Waals surface area contributed by atoms with Gasteiger partial charge in [0, 0.05) is 33.9 Å². The van der Waals surface area contributed by atoms with E-state index in [1.165, 1.54) is 64.6 Å². The summed E-state index contributed by atoms with van der Waals surface area (Å²) in [7, 11) is 0. The Hall–Kier alpha value is -4.56. The molecule has 7 aromatic carbocycles. The summed E-state index contributed by atoms with van der Waals surface area (Å²) in [5.74, 6) is 0. The zero-order valence-electron chi connectivity index (χ0n) is 18.3. The summed E-state index contributed by atoms with van der Waals surface area (Å²) in [5, 5.41) is 14.9. The van der Waals surface area contributed by atoms with Crippen molar-refractivity contribution in [1.29, 1.82) is 0 Å². The molecule has 156 valence electrons. The molecule has 8 aromatic rings. The van der Waals surface area contributed by atoms with Crippen LogP contribution in [0.1, 0.15) is 0 Å². The Morgan fingerprint density at radius 1 is 0.294 bits per heavy atom. The molecule has 0 saturated heterocycles. The molecule has 2 nitrogen and oxygen atoms in total. The van der Waals surface area contributed by atoms with Gasteiger partial charge >= 0.3 is 0 Å². The molecule has 0 amide bonds. The highest BCUT2D eigenvalue weighted by Gasteiger charge is 2.20. The molecule has 0 unspecified atom stereocenters. The molecule has 1 heterocycles. The van der Waals surface area contributed by atoms with Crippen LogP contribution in [-0.2, 0) is 0 Å². The van der Waals surface area contributed by atoms with Crippen LogP contribution in [-0.4, -0.2) is 9.97 Å². The summed E-state index contributed by atoms with van der Waals surface area (Å²) >= 11 is 0. The molecule has 0 saturated carbocycles. The van der Waals surface area contributed by atoms with Crippen LogP contribution in [0.3, 0.4) is 0 Å². The Morgan fingerprint density at radius 2 is 0.559 bits per heavy atom. The van der Waals surface area contributed by atoms with Crippen molar-refractivity contribution in [1.82, 2.24) is 9.97 Å². The molecule has 2 heteroatoms. The minimum atomic E-state index is 0.965. The lowest BCUT2D eigenvalue weighted by Gasteiger charge is -2.18. The monoisotopic (exact) mass is 430 g/mol. The molecule has 0 bridgehead atoms. The van der Waals surface area contributed by atoms with Gasteiger partial charge in [-0.3, -0.25) is 9.97 Å². The van der Waals surface area contributed by atoms with E-state index >= 15 is 0 Å². The van der Waals surface area contributed by atoms with Crippen LogP contribution in [0.4, 0.5) is 0 Å². The van der Waals surface area contributed by atoms with Gasteiger partial charge in [0.25, 0.3) is 0 Å². The van der Waals surface area contributed by atoms with Gasteiger partial charge in [-0.25, -0.2) is 0 Å². The third kappa shape index (κ3) is 2.15. The van der Waals surface area contributed by atoms with Gasteiger partial charge in [-0.1, -0.05) is 97.1 Å². The highest BCUT2D eigenvalue weighted by atomic mass is 14.8. The van der Waals surface area contributed by atoms with Gasteiger partial charge in [-0.15, -0.1) is 0 Å². The van der Waals surface area contributed by atoms with E-state index in [1.807, 2.05) is 12.4 Å². The number of hydrogen-bond acceptors (Lipinski definition) is 2. The van der Waals surface area contributed by atoms with Crippen LogP contribution in [0.25, 0.3) is 75.7 Å². The zero-order valence-corrected chi connectivity index (χ0v) is 18.3. The van der Waals surface area contributed by atoms with Gasteiger partial charge < -0.3 is 0 Å². The van der Waals surface area contributed by atoms with E-state index in [2.05, 4.69) is 97.1 Å². The molecule has 0 atom stereocenters. The number of aromatic nitrogens is 2. The molecule has 1 aromatic heterocycles. The van der Waals surface area contributed by atoms with Crippen LogP contribution in [0, 0.1) is 0 Å². The van der Waals surface area contributed by atoms with E-state index in [4.69, 9.17) is 9.97 Å². The number of fused-ring (bicyclic) bond motifs is 16. The van der Waals surface area contributed by atoms with Crippen molar-refractivity contribution in [3.05, 3.63) is 109 Å². The lowest BCUT2D eigenvalue weighted by Crippen LogP contribution is -1.93. The number of rotatable bonds is 0. The van der Waals surface area contributed by atoms with E-state index < -0.39 is 0 Å². The van der Waals surface area contributed by atoms with Crippen molar-refractivity contribution in [3.63, 3.8) is 0 Å². The summed E-state index contributed by atoms with van der Waals surface area (Å²) in [6.45, 7) is 0. The van der Waals surface area contributed by atoms with Gasteiger partial charge in [-0.05, 0) is 43.1 Å². The number of nitrogens with zero attached hydrogens (tertiary/aromatic N) is 2. The van der Waals surface area contributed by atoms with E-state index in [9.17, 15) is 0 Å². The summed E-state index contributed by atoms with van der Waals surface area (Å²) in [6, 6.07) is 35.0. The van der Waals surface area contributed by atoms with Gasteiger partial charge in [0.15, 0.2) is 0 Å². The Labute approximate surface area is 195 Å². The lowest BCUT2D eigenvalue weighted by molar-refractivity contribution is 1.31. The Balaban J connectivity index is 1.90. The van der Waals surface area contributed by atoms with E-state index in [1.54, 1.807) is 0 Å². The molecule has 0 radical (unpaired) electrons. The first-order valence-electron chi connectivity index (χ1n) is 11.6. The SMILES string of the molecule is c1ccc2c(c1)c1ccccc1c1c2c2nccnc2c2c3ccccc3c3ccccc3c21. The molecule has 0 spiro atoms. The largest absolute Gasteiger partial charge is 0.252 e. The van der Waals surface area contributed by atoms with Crippen LogP contribution >= 0.6 is 0 Å². The quantitative estimate of drug-likeness (QED) is 0.225. The van der Waals surface area contributed by atoms with Crippen molar-refractivity contribution in [3.8, 4) is 0 Å². The van der Waals surface area contributed by atoms with E-state index in [0.29, 0.717) is 0 Å². The van der Waals surface area contributed by atoms with Gasteiger partial charge in [-0.2, -0.15) is 0 Å². The fourth-order valence-corrected chi connectivity index (χ4v) is 6.00. The maximum absolute atomic E-state index is 4.94. The maximum Gasteiger partial charge on any atom is 0.0978 e. The molecule has 0 aliphatic carbocycles. The molecule has 0 N–H and O–H groups in total. The van der Waals surface area contributed by atoms with Crippen LogP contribution in [0.15, 0.2) is 109 Å². The fraction of sp³-hybridized carbons (Fsp3) is 0. The molecular formula is C32H18N2. The standard InChI is InChI=1S/C32H18N2/c1-5-13-23-19(9-1)21-11-3-7-15-25(21)29-27(23)28-24-14-6-2-10-20(24)22-12-4-8-16-26(22)30(28)32-31(29)33-17-18-34-32/h1-18H. The molecule has 0 aliphatic rings. The highest BCUT2D eigenvalue weighted by Crippen LogP contribution is 2.47. The minimum absolute atomic E-state index is 0.965. The first kappa shape index (κ1) is 17.9. The molecule has 0 aliphatic heterocycles. The fourth-order valence-electron chi connectivity index (χ4n) is 6.00.